The van der Waals surface area contributed by atoms with Crippen LogP contribution in [0.4, 0.5) is 11.4 Å². The quantitative estimate of drug-likeness (QED) is 0.598. The molecule has 1 rings (SSSR count). The number of hydrogen-bond donors (Lipinski definition) is 1. The van der Waals surface area contributed by atoms with Crippen molar-refractivity contribution in [3.8, 4) is 0 Å². The maximum atomic E-state index is 11.1. The average molecular weight is 252 g/mol. The first-order valence-corrected chi connectivity index (χ1v) is 6.09. The van der Waals surface area contributed by atoms with E-state index >= 15 is 0 Å². The minimum Gasteiger partial charge on any atom is -0.383 e. The first-order chi connectivity index (χ1) is 8.60. The topological polar surface area (TPSA) is 64.4 Å². The van der Waals surface area contributed by atoms with Gasteiger partial charge in [0.2, 0.25) is 0 Å². The smallest absolute Gasteiger partial charge is 0.295 e. The molecule has 100 valence electrons. The molecule has 5 nitrogen and oxygen atoms in total. The van der Waals surface area contributed by atoms with E-state index in [-0.39, 0.29) is 16.7 Å². The molecule has 0 saturated carbocycles. The molecular formula is C13H20N2O3. The molecule has 1 unspecified atom stereocenters. The van der Waals surface area contributed by atoms with Crippen molar-refractivity contribution >= 4 is 11.4 Å². The lowest BCUT2D eigenvalue weighted by Gasteiger charge is -2.18. The molecule has 1 atom stereocenters. The summed E-state index contributed by atoms with van der Waals surface area (Å²) in [6.45, 7) is 4.36. The predicted octanol–water partition coefficient (Wildman–Crippen LogP) is 3.13. The highest BCUT2D eigenvalue weighted by molar-refractivity contribution is 5.65. The van der Waals surface area contributed by atoms with Gasteiger partial charge < -0.3 is 10.1 Å². The summed E-state index contributed by atoms with van der Waals surface area (Å²) >= 11 is 0. The van der Waals surface area contributed by atoms with E-state index in [0.717, 1.165) is 12.8 Å². The van der Waals surface area contributed by atoms with Crippen LogP contribution in [-0.4, -0.2) is 24.7 Å². The summed E-state index contributed by atoms with van der Waals surface area (Å²) in [5.74, 6) is 0. The standard InChI is InChI=1S/C13H20N2O3/c1-4-6-11(9-18-3)14-12-8-5-7-10(2)13(12)15(16)17/h5,7-8,11,14H,4,6,9H2,1-3H3. The number of aryl methyl sites for hydroxylation is 1. The third kappa shape index (κ3) is 3.70. The number of hydrogen-bond acceptors (Lipinski definition) is 4. The van der Waals surface area contributed by atoms with Crippen LogP contribution in [0, 0.1) is 17.0 Å². The number of para-hydroxylation sites is 1. The molecule has 0 aliphatic carbocycles. The van der Waals surface area contributed by atoms with Crippen LogP contribution < -0.4 is 5.32 Å². The van der Waals surface area contributed by atoms with Gasteiger partial charge in [-0.15, -0.1) is 0 Å². The van der Waals surface area contributed by atoms with Crippen LogP contribution in [0.25, 0.3) is 0 Å². The van der Waals surface area contributed by atoms with E-state index < -0.39 is 0 Å². The van der Waals surface area contributed by atoms with Gasteiger partial charge in [0, 0.05) is 18.7 Å². The van der Waals surface area contributed by atoms with Crippen LogP contribution in [0.1, 0.15) is 25.3 Å². The molecule has 1 aromatic carbocycles. The van der Waals surface area contributed by atoms with Gasteiger partial charge in [-0.1, -0.05) is 25.5 Å². The molecule has 0 fully saturated rings. The zero-order valence-corrected chi connectivity index (χ0v) is 11.1. The monoisotopic (exact) mass is 252 g/mol. The summed E-state index contributed by atoms with van der Waals surface area (Å²) in [5, 5.41) is 14.3. The number of nitrogens with one attached hydrogen (secondary N) is 1. The lowest BCUT2D eigenvalue weighted by atomic mass is 10.1. The van der Waals surface area contributed by atoms with Crippen molar-refractivity contribution in [2.24, 2.45) is 0 Å². The van der Waals surface area contributed by atoms with Crippen molar-refractivity contribution in [2.45, 2.75) is 32.7 Å². The highest BCUT2D eigenvalue weighted by atomic mass is 16.6. The largest absolute Gasteiger partial charge is 0.383 e. The molecule has 0 bridgehead atoms. The predicted molar refractivity (Wildman–Crippen MR) is 72.0 cm³/mol. The van der Waals surface area contributed by atoms with E-state index in [9.17, 15) is 10.1 Å². The maximum Gasteiger partial charge on any atom is 0.295 e. The molecule has 0 heterocycles. The van der Waals surface area contributed by atoms with Crippen molar-refractivity contribution < 1.29 is 9.66 Å². The Hall–Kier alpha value is -1.62. The van der Waals surface area contributed by atoms with E-state index in [4.69, 9.17) is 4.74 Å². The number of nitrogens with zero attached hydrogens (tertiary/aromatic N) is 1. The fraction of sp³-hybridized carbons (Fsp3) is 0.538. The van der Waals surface area contributed by atoms with Crippen molar-refractivity contribution in [3.63, 3.8) is 0 Å². The summed E-state index contributed by atoms with van der Waals surface area (Å²) in [4.78, 5) is 10.7. The van der Waals surface area contributed by atoms with Gasteiger partial charge in [-0.25, -0.2) is 0 Å². The van der Waals surface area contributed by atoms with Crippen molar-refractivity contribution in [1.29, 1.82) is 0 Å². The van der Waals surface area contributed by atoms with Gasteiger partial charge in [-0.3, -0.25) is 10.1 Å². The fourth-order valence-electron chi connectivity index (χ4n) is 1.98. The normalized spacial score (nSPS) is 12.2. The molecule has 1 N–H and O–H groups in total. The SMILES string of the molecule is CCCC(COC)Nc1cccc(C)c1[N+](=O)[O-]. The Morgan fingerprint density at radius 1 is 1.50 bits per heavy atom. The lowest BCUT2D eigenvalue weighted by Crippen LogP contribution is -2.25. The summed E-state index contributed by atoms with van der Waals surface area (Å²) < 4.78 is 5.13. The van der Waals surface area contributed by atoms with Gasteiger partial charge in [0.05, 0.1) is 11.5 Å². The Morgan fingerprint density at radius 3 is 2.78 bits per heavy atom. The highest BCUT2D eigenvalue weighted by Gasteiger charge is 2.19. The Kier molecular flexibility index (Phi) is 5.58. The number of benzene rings is 1. The second-order valence-electron chi connectivity index (χ2n) is 4.31. The lowest BCUT2D eigenvalue weighted by molar-refractivity contribution is -0.384. The Balaban J connectivity index is 2.94. The number of nitro benzene ring substituents is 1. The van der Waals surface area contributed by atoms with Crippen molar-refractivity contribution in [3.05, 3.63) is 33.9 Å². The second-order valence-corrected chi connectivity index (χ2v) is 4.31. The van der Waals surface area contributed by atoms with Gasteiger partial charge in [0.1, 0.15) is 5.69 Å². The summed E-state index contributed by atoms with van der Waals surface area (Å²) in [6.07, 6.45) is 1.92. The number of rotatable bonds is 7. The minimum atomic E-state index is -0.340. The molecule has 0 spiro atoms. The van der Waals surface area contributed by atoms with Crippen molar-refractivity contribution in [1.82, 2.24) is 0 Å². The van der Waals surface area contributed by atoms with Gasteiger partial charge in [0.25, 0.3) is 5.69 Å². The Labute approximate surface area is 107 Å². The van der Waals surface area contributed by atoms with Gasteiger partial charge >= 0.3 is 0 Å². The van der Waals surface area contributed by atoms with Crippen molar-refractivity contribution in [2.75, 3.05) is 19.0 Å². The first-order valence-electron chi connectivity index (χ1n) is 6.09. The zero-order valence-electron chi connectivity index (χ0n) is 11.1. The molecule has 5 heteroatoms. The van der Waals surface area contributed by atoms with Gasteiger partial charge in [0.15, 0.2) is 0 Å². The molecule has 0 aliphatic rings. The van der Waals surface area contributed by atoms with Crippen LogP contribution >= 0.6 is 0 Å². The third-order valence-electron chi connectivity index (χ3n) is 2.78. The number of nitro groups is 1. The van der Waals surface area contributed by atoms with Crippen LogP contribution in [-0.2, 0) is 4.74 Å². The van der Waals surface area contributed by atoms with E-state index in [2.05, 4.69) is 12.2 Å². The Bertz CT molecular complexity index is 401. The van der Waals surface area contributed by atoms with E-state index in [1.165, 1.54) is 0 Å². The van der Waals surface area contributed by atoms with Crippen LogP contribution in [0.15, 0.2) is 18.2 Å². The molecule has 0 aromatic heterocycles. The van der Waals surface area contributed by atoms with Crippen LogP contribution in [0.3, 0.4) is 0 Å². The van der Waals surface area contributed by atoms with Gasteiger partial charge in [-0.05, 0) is 19.4 Å². The van der Waals surface area contributed by atoms with Gasteiger partial charge in [-0.2, -0.15) is 0 Å². The molecule has 0 radical (unpaired) electrons. The summed E-state index contributed by atoms with van der Waals surface area (Å²) in [6, 6.07) is 5.40. The molecule has 18 heavy (non-hydrogen) atoms. The number of anilines is 1. The van der Waals surface area contributed by atoms with E-state index in [1.807, 2.05) is 6.07 Å². The molecule has 1 aromatic rings. The third-order valence-corrected chi connectivity index (χ3v) is 2.78. The molecule has 0 aliphatic heterocycles. The molecule has 0 amide bonds. The van der Waals surface area contributed by atoms with E-state index in [1.54, 1.807) is 26.2 Å². The maximum absolute atomic E-state index is 11.1. The number of methoxy groups -OCH3 is 1. The average Bonchev–Trinajstić information content (AvgIpc) is 2.29. The highest BCUT2D eigenvalue weighted by Crippen LogP contribution is 2.28. The summed E-state index contributed by atoms with van der Waals surface area (Å²) in [5.41, 5.74) is 1.38. The minimum absolute atomic E-state index is 0.0977. The van der Waals surface area contributed by atoms with Crippen LogP contribution in [0.5, 0.6) is 0 Å². The zero-order chi connectivity index (χ0) is 13.5. The number of ether oxygens (including phenoxy) is 1. The van der Waals surface area contributed by atoms with Crippen LogP contribution in [0.2, 0.25) is 0 Å². The van der Waals surface area contributed by atoms with E-state index in [0.29, 0.717) is 17.9 Å². The summed E-state index contributed by atoms with van der Waals surface area (Å²) in [7, 11) is 1.63. The molecule has 0 saturated heterocycles. The Morgan fingerprint density at radius 2 is 2.22 bits per heavy atom. The molecular weight excluding hydrogens is 232 g/mol. The first kappa shape index (κ1) is 14.4. The fourth-order valence-corrected chi connectivity index (χ4v) is 1.98. The second kappa shape index (κ2) is 6.96.